The van der Waals surface area contributed by atoms with Crippen molar-refractivity contribution in [3.8, 4) is 17.1 Å². The quantitative estimate of drug-likeness (QED) is 0.255. The van der Waals surface area contributed by atoms with Crippen LogP contribution in [0.3, 0.4) is 0 Å². The molecule has 3 rings (SSSR count). The number of fused-ring (bicyclic) bond motifs is 1. The number of ether oxygens (including phenoxy) is 1. The summed E-state index contributed by atoms with van der Waals surface area (Å²) in [6, 6.07) is 8.35. The van der Waals surface area contributed by atoms with Crippen molar-refractivity contribution < 1.29 is 4.74 Å². The second-order valence-corrected chi connectivity index (χ2v) is 10.1. The lowest BCUT2D eigenvalue weighted by atomic mass is 9.84. The first-order chi connectivity index (χ1) is 16.2. The number of nitrogens with zero attached hydrogens (tertiary/aromatic N) is 2. The van der Waals surface area contributed by atoms with Crippen molar-refractivity contribution in [2.75, 3.05) is 6.61 Å². The van der Waals surface area contributed by atoms with E-state index in [2.05, 4.69) is 51.2 Å². The van der Waals surface area contributed by atoms with Crippen LogP contribution in [0.15, 0.2) is 30.5 Å². The van der Waals surface area contributed by atoms with Gasteiger partial charge in [0.15, 0.2) is 5.82 Å². The fourth-order valence-electron chi connectivity index (χ4n) is 4.99. The topological polar surface area (TPSA) is 35.0 Å². The van der Waals surface area contributed by atoms with Gasteiger partial charge >= 0.3 is 0 Å². The fourth-order valence-corrected chi connectivity index (χ4v) is 4.99. The van der Waals surface area contributed by atoms with Crippen LogP contribution < -0.4 is 4.74 Å². The second kappa shape index (κ2) is 14.4. The Kier molecular flexibility index (Phi) is 11.2. The molecule has 2 atom stereocenters. The van der Waals surface area contributed by atoms with Crippen molar-refractivity contribution in [2.45, 2.75) is 111 Å². The molecule has 2 aromatic rings. The molecule has 0 bridgehead atoms. The maximum Gasteiger partial charge on any atom is 0.159 e. The van der Waals surface area contributed by atoms with Gasteiger partial charge in [-0.3, -0.25) is 0 Å². The van der Waals surface area contributed by atoms with Crippen molar-refractivity contribution >= 4 is 0 Å². The highest BCUT2D eigenvalue weighted by atomic mass is 16.5. The van der Waals surface area contributed by atoms with E-state index in [1.54, 1.807) is 0 Å². The minimum absolute atomic E-state index is 0.651. The molecular formula is C30H46N2O. The summed E-state index contributed by atoms with van der Waals surface area (Å²) >= 11 is 0. The van der Waals surface area contributed by atoms with Gasteiger partial charge in [0.2, 0.25) is 0 Å². The summed E-state index contributed by atoms with van der Waals surface area (Å²) in [4.78, 5) is 9.67. The third-order valence-corrected chi connectivity index (χ3v) is 7.36. The Hall–Kier alpha value is -1.90. The molecule has 33 heavy (non-hydrogen) atoms. The number of hydrogen-bond acceptors (Lipinski definition) is 3. The van der Waals surface area contributed by atoms with Gasteiger partial charge in [0.05, 0.1) is 6.61 Å². The van der Waals surface area contributed by atoms with E-state index in [1.165, 1.54) is 88.3 Å². The van der Waals surface area contributed by atoms with Crippen LogP contribution in [0.4, 0.5) is 0 Å². The van der Waals surface area contributed by atoms with Crippen molar-refractivity contribution in [2.24, 2.45) is 11.8 Å². The highest BCUT2D eigenvalue weighted by Gasteiger charge is 2.20. The van der Waals surface area contributed by atoms with E-state index in [-0.39, 0.29) is 0 Å². The van der Waals surface area contributed by atoms with Gasteiger partial charge in [-0.05, 0) is 67.3 Å². The molecule has 1 heterocycles. The van der Waals surface area contributed by atoms with Crippen LogP contribution in [0, 0.1) is 11.8 Å². The predicted octanol–water partition coefficient (Wildman–Crippen LogP) is 8.59. The number of aryl methyl sites for hydroxylation is 1. The largest absolute Gasteiger partial charge is 0.493 e. The summed E-state index contributed by atoms with van der Waals surface area (Å²) in [6.07, 6.45) is 20.3. The van der Waals surface area contributed by atoms with Crippen LogP contribution in [0.1, 0.15) is 109 Å². The van der Waals surface area contributed by atoms with E-state index < -0.39 is 0 Å². The number of benzene rings is 1. The summed E-state index contributed by atoms with van der Waals surface area (Å²) in [5, 5.41) is 0. The first-order valence-electron chi connectivity index (χ1n) is 13.8. The fraction of sp³-hybridized carbons (Fsp3) is 0.667. The lowest BCUT2D eigenvalue weighted by molar-refractivity contribution is 0.233. The van der Waals surface area contributed by atoms with Crippen molar-refractivity contribution in [1.82, 2.24) is 9.97 Å². The Labute approximate surface area is 202 Å². The average Bonchev–Trinajstić information content (AvgIpc) is 2.86. The van der Waals surface area contributed by atoms with Crippen molar-refractivity contribution in [1.29, 1.82) is 0 Å². The molecule has 0 saturated heterocycles. The molecule has 1 aliphatic carbocycles. The highest BCUT2D eigenvalue weighted by molar-refractivity contribution is 5.56. The van der Waals surface area contributed by atoms with Gasteiger partial charge in [-0.25, -0.2) is 9.97 Å². The third-order valence-electron chi connectivity index (χ3n) is 7.36. The number of rotatable bonds is 15. The zero-order valence-corrected chi connectivity index (χ0v) is 21.5. The monoisotopic (exact) mass is 450 g/mol. The molecule has 182 valence electrons. The number of aromatic nitrogens is 2. The van der Waals surface area contributed by atoms with E-state index in [4.69, 9.17) is 14.7 Å². The van der Waals surface area contributed by atoms with Crippen LogP contribution >= 0.6 is 0 Å². The Morgan fingerprint density at radius 2 is 1.70 bits per heavy atom. The van der Waals surface area contributed by atoms with Crippen LogP contribution in [0.25, 0.3) is 11.4 Å². The van der Waals surface area contributed by atoms with E-state index in [0.29, 0.717) is 5.92 Å². The van der Waals surface area contributed by atoms with Gasteiger partial charge in [0.1, 0.15) is 5.75 Å². The molecule has 3 heteroatoms. The van der Waals surface area contributed by atoms with E-state index in [9.17, 15) is 0 Å². The second-order valence-electron chi connectivity index (χ2n) is 10.1. The summed E-state index contributed by atoms with van der Waals surface area (Å²) in [6.45, 7) is 7.61. The molecule has 0 fully saturated rings. The maximum absolute atomic E-state index is 6.07. The molecule has 2 unspecified atom stereocenters. The molecule has 0 N–H and O–H groups in total. The summed E-state index contributed by atoms with van der Waals surface area (Å²) < 4.78 is 6.07. The Balaban J connectivity index is 1.48. The molecule has 1 aliphatic rings. The van der Waals surface area contributed by atoms with Crippen molar-refractivity contribution in [3.05, 3.63) is 41.7 Å². The van der Waals surface area contributed by atoms with Gasteiger partial charge < -0.3 is 4.74 Å². The van der Waals surface area contributed by atoms with Crippen LogP contribution in [-0.2, 0) is 12.8 Å². The highest BCUT2D eigenvalue weighted by Crippen LogP contribution is 2.29. The lowest BCUT2D eigenvalue weighted by Crippen LogP contribution is -2.16. The number of hydrogen-bond donors (Lipinski definition) is 0. The van der Waals surface area contributed by atoms with Gasteiger partial charge in [-0.2, -0.15) is 0 Å². The van der Waals surface area contributed by atoms with Gasteiger partial charge in [-0.1, -0.05) is 85.0 Å². The molecule has 1 aromatic carbocycles. The molecule has 1 aromatic heterocycles. The molecular weight excluding hydrogens is 404 g/mol. The number of unbranched alkanes of at least 4 members (excludes halogenated alkanes) is 6. The molecule has 0 aliphatic heterocycles. The van der Waals surface area contributed by atoms with Gasteiger partial charge in [-0.15, -0.1) is 0 Å². The van der Waals surface area contributed by atoms with E-state index >= 15 is 0 Å². The van der Waals surface area contributed by atoms with Gasteiger partial charge in [0.25, 0.3) is 0 Å². The predicted molar refractivity (Wildman–Crippen MR) is 140 cm³/mol. The first-order valence-corrected chi connectivity index (χ1v) is 13.8. The third kappa shape index (κ3) is 8.43. The zero-order chi connectivity index (χ0) is 23.3. The molecule has 3 nitrogen and oxygen atoms in total. The lowest BCUT2D eigenvalue weighted by Gasteiger charge is -2.24. The molecule has 0 saturated carbocycles. The Bertz CT molecular complexity index is 801. The van der Waals surface area contributed by atoms with Gasteiger partial charge in [0, 0.05) is 17.5 Å². The van der Waals surface area contributed by atoms with E-state index in [0.717, 1.165) is 42.5 Å². The van der Waals surface area contributed by atoms with Crippen LogP contribution in [-0.4, -0.2) is 16.6 Å². The average molecular weight is 451 g/mol. The molecule has 0 spiro atoms. The van der Waals surface area contributed by atoms with Crippen LogP contribution in [0.5, 0.6) is 5.75 Å². The molecule has 0 amide bonds. The smallest absolute Gasteiger partial charge is 0.159 e. The Morgan fingerprint density at radius 3 is 2.45 bits per heavy atom. The summed E-state index contributed by atoms with van der Waals surface area (Å²) in [5.41, 5.74) is 3.72. The van der Waals surface area contributed by atoms with Crippen molar-refractivity contribution in [3.63, 3.8) is 0 Å². The molecule has 0 radical (unpaired) electrons. The zero-order valence-electron chi connectivity index (χ0n) is 21.5. The van der Waals surface area contributed by atoms with Crippen LogP contribution in [0.2, 0.25) is 0 Å². The Morgan fingerprint density at radius 1 is 0.939 bits per heavy atom. The maximum atomic E-state index is 6.07. The summed E-state index contributed by atoms with van der Waals surface area (Å²) in [7, 11) is 0. The minimum atomic E-state index is 0.651. The normalized spacial score (nSPS) is 16.4. The SMILES string of the molecule is CCCCCCCCC1CCc2nc(-c3ccc(OCC(CC)CCCC)cc3)ncc2C1. The summed E-state index contributed by atoms with van der Waals surface area (Å²) in [5.74, 6) is 3.27. The van der Waals surface area contributed by atoms with E-state index in [1.807, 2.05) is 0 Å². The minimum Gasteiger partial charge on any atom is -0.493 e. The standard InChI is InChI=1S/C30H46N2O/c1-4-7-9-10-11-12-14-25-15-20-29-27(21-25)22-31-30(32-29)26-16-18-28(19-17-26)33-23-24(6-3)13-8-5-2/h16-19,22,24-25H,4-15,20-21,23H2,1-3H3. The first kappa shape index (κ1) is 25.7.